The fourth-order valence-corrected chi connectivity index (χ4v) is 1.06. The van der Waals surface area contributed by atoms with Crippen LogP contribution in [0.15, 0.2) is 0 Å². The van der Waals surface area contributed by atoms with E-state index in [1.54, 1.807) is 13.8 Å². The number of hydrogen-bond donors (Lipinski definition) is 1. The van der Waals surface area contributed by atoms with Gasteiger partial charge in [0, 0.05) is 6.04 Å². The third kappa shape index (κ3) is 4.81. The monoisotopic (exact) mass is 203 g/mol. The van der Waals surface area contributed by atoms with Gasteiger partial charge in [0.25, 0.3) is 0 Å². The maximum Gasteiger partial charge on any atom is 0.322 e. The quantitative estimate of drug-likeness (QED) is 0.641. The molecule has 82 valence electrons. The van der Waals surface area contributed by atoms with Gasteiger partial charge in [-0.15, -0.1) is 0 Å². The normalized spacial score (nSPS) is 14.3. The SMILES string of the molecule is COC(=O)CC(C)NC(C)C(=O)OC. The lowest BCUT2D eigenvalue weighted by Gasteiger charge is -2.16. The van der Waals surface area contributed by atoms with Crippen molar-refractivity contribution in [2.75, 3.05) is 14.2 Å². The van der Waals surface area contributed by atoms with Crippen LogP contribution < -0.4 is 5.32 Å². The van der Waals surface area contributed by atoms with Gasteiger partial charge in [0.15, 0.2) is 0 Å². The number of nitrogens with one attached hydrogen (secondary N) is 1. The molecule has 0 heterocycles. The lowest BCUT2D eigenvalue weighted by molar-refractivity contribution is -0.144. The smallest absolute Gasteiger partial charge is 0.322 e. The van der Waals surface area contributed by atoms with E-state index in [4.69, 9.17) is 0 Å². The van der Waals surface area contributed by atoms with Gasteiger partial charge in [-0.3, -0.25) is 9.59 Å². The molecule has 0 aliphatic heterocycles. The van der Waals surface area contributed by atoms with Crippen LogP contribution in [0.1, 0.15) is 20.3 Å². The predicted molar refractivity (Wildman–Crippen MR) is 50.7 cm³/mol. The van der Waals surface area contributed by atoms with E-state index in [-0.39, 0.29) is 24.4 Å². The summed E-state index contributed by atoms with van der Waals surface area (Å²) in [4.78, 5) is 21.9. The summed E-state index contributed by atoms with van der Waals surface area (Å²) in [6.45, 7) is 3.48. The van der Waals surface area contributed by atoms with Gasteiger partial charge < -0.3 is 14.8 Å². The Kier molecular flexibility index (Phi) is 5.87. The Morgan fingerprint density at radius 3 is 2.21 bits per heavy atom. The van der Waals surface area contributed by atoms with E-state index < -0.39 is 6.04 Å². The summed E-state index contributed by atoms with van der Waals surface area (Å²) in [6.07, 6.45) is 0.234. The highest BCUT2D eigenvalue weighted by Crippen LogP contribution is 1.96. The van der Waals surface area contributed by atoms with Gasteiger partial charge in [0.1, 0.15) is 6.04 Å². The van der Waals surface area contributed by atoms with Crippen molar-refractivity contribution in [3.63, 3.8) is 0 Å². The van der Waals surface area contributed by atoms with Crippen molar-refractivity contribution in [1.82, 2.24) is 5.32 Å². The molecule has 0 aliphatic carbocycles. The third-order valence-corrected chi connectivity index (χ3v) is 1.79. The Morgan fingerprint density at radius 1 is 1.21 bits per heavy atom. The van der Waals surface area contributed by atoms with E-state index in [9.17, 15) is 9.59 Å². The Labute approximate surface area is 83.8 Å². The fraction of sp³-hybridized carbons (Fsp3) is 0.778. The summed E-state index contributed by atoms with van der Waals surface area (Å²) < 4.78 is 9.02. The van der Waals surface area contributed by atoms with Crippen LogP contribution in [-0.4, -0.2) is 38.2 Å². The molecule has 2 unspecified atom stereocenters. The van der Waals surface area contributed by atoms with Crippen LogP contribution in [0.5, 0.6) is 0 Å². The molecule has 1 N–H and O–H groups in total. The molecule has 0 saturated carbocycles. The zero-order valence-electron chi connectivity index (χ0n) is 8.99. The number of methoxy groups -OCH3 is 2. The van der Waals surface area contributed by atoms with Crippen LogP contribution in [0.25, 0.3) is 0 Å². The Balaban J connectivity index is 3.87. The van der Waals surface area contributed by atoms with Crippen LogP contribution >= 0.6 is 0 Å². The Morgan fingerprint density at radius 2 is 1.79 bits per heavy atom. The molecule has 0 amide bonds. The molecule has 0 rings (SSSR count). The van der Waals surface area contributed by atoms with Crippen LogP contribution in [-0.2, 0) is 19.1 Å². The van der Waals surface area contributed by atoms with Gasteiger partial charge in [-0.25, -0.2) is 0 Å². The van der Waals surface area contributed by atoms with E-state index >= 15 is 0 Å². The molecule has 0 fully saturated rings. The van der Waals surface area contributed by atoms with Crippen molar-refractivity contribution in [2.24, 2.45) is 0 Å². The third-order valence-electron chi connectivity index (χ3n) is 1.79. The lowest BCUT2D eigenvalue weighted by atomic mass is 10.2. The number of rotatable bonds is 5. The number of hydrogen-bond acceptors (Lipinski definition) is 5. The van der Waals surface area contributed by atoms with Crippen molar-refractivity contribution in [3.8, 4) is 0 Å². The van der Waals surface area contributed by atoms with Crippen LogP contribution in [0.4, 0.5) is 0 Å². The fourth-order valence-electron chi connectivity index (χ4n) is 1.06. The van der Waals surface area contributed by atoms with Crippen molar-refractivity contribution < 1.29 is 19.1 Å². The molecule has 0 aromatic carbocycles. The summed E-state index contributed by atoms with van der Waals surface area (Å²) in [5.74, 6) is -0.649. The first-order chi connectivity index (χ1) is 6.51. The molecular weight excluding hydrogens is 186 g/mol. The molecule has 0 spiro atoms. The molecule has 5 heteroatoms. The van der Waals surface area contributed by atoms with Gasteiger partial charge in [-0.05, 0) is 13.8 Å². The largest absolute Gasteiger partial charge is 0.469 e. The maximum atomic E-state index is 11.0. The minimum absolute atomic E-state index is 0.114. The minimum atomic E-state index is -0.417. The highest BCUT2D eigenvalue weighted by molar-refractivity contribution is 5.75. The number of carbonyl (C=O) groups is 2. The number of ether oxygens (including phenoxy) is 2. The molecule has 0 saturated heterocycles. The second-order valence-electron chi connectivity index (χ2n) is 3.09. The van der Waals surface area contributed by atoms with Gasteiger partial charge >= 0.3 is 11.9 Å². The average Bonchev–Trinajstić information content (AvgIpc) is 2.15. The molecule has 14 heavy (non-hydrogen) atoms. The van der Waals surface area contributed by atoms with Crippen LogP contribution in [0.2, 0.25) is 0 Å². The molecule has 0 aliphatic rings. The van der Waals surface area contributed by atoms with E-state index in [2.05, 4.69) is 14.8 Å². The first-order valence-corrected chi connectivity index (χ1v) is 4.42. The lowest BCUT2D eigenvalue weighted by Crippen LogP contribution is -2.41. The zero-order chi connectivity index (χ0) is 11.1. The first-order valence-electron chi connectivity index (χ1n) is 4.42. The maximum absolute atomic E-state index is 11.0. The second-order valence-corrected chi connectivity index (χ2v) is 3.09. The summed E-state index contributed by atoms with van der Waals surface area (Å²) >= 11 is 0. The standard InChI is InChI=1S/C9H17NO4/c1-6(5-8(11)13-3)10-7(2)9(12)14-4/h6-7,10H,5H2,1-4H3. The van der Waals surface area contributed by atoms with Gasteiger partial charge in [-0.2, -0.15) is 0 Å². The van der Waals surface area contributed by atoms with Crippen molar-refractivity contribution in [3.05, 3.63) is 0 Å². The zero-order valence-corrected chi connectivity index (χ0v) is 8.99. The van der Waals surface area contributed by atoms with Gasteiger partial charge in [0.2, 0.25) is 0 Å². The van der Waals surface area contributed by atoms with Crippen molar-refractivity contribution >= 4 is 11.9 Å². The Bertz CT molecular complexity index is 205. The second kappa shape index (κ2) is 6.37. The summed E-state index contributed by atoms with van der Waals surface area (Å²) in [6, 6.07) is -0.531. The molecule has 2 atom stereocenters. The molecule has 0 aromatic rings. The average molecular weight is 203 g/mol. The van der Waals surface area contributed by atoms with E-state index in [1.807, 2.05) is 0 Å². The van der Waals surface area contributed by atoms with E-state index in [1.165, 1.54) is 14.2 Å². The molecule has 0 bridgehead atoms. The van der Waals surface area contributed by atoms with E-state index in [0.29, 0.717) is 0 Å². The summed E-state index contributed by atoms with van der Waals surface area (Å²) in [5, 5.41) is 2.92. The molecule has 0 radical (unpaired) electrons. The first kappa shape index (κ1) is 12.9. The topological polar surface area (TPSA) is 64.6 Å². The predicted octanol–water partition coefficient (Wildman–Crippen LogP) is 0.0891. The van der Waals surface area contributed by atoms with Crippen molar-refractivity contribution in [1.29, 1.82) is 0 Å². The van der Waals surface area contributed by atoms with Gasteiger partial charge in [-0.1, -0.05) is 0 Å². The van der Waals surface area contributed by atoms with Crippen LogP contribution in [0.3, 0.4) is 0 Å². The van der Waals surface area contributed by atoms with E-state index in [0.717, 1.165) is 0 Å². The molecular formula is C9H17NO4. The Hall–Kier alpha value is -1.10. The number of carbonyl (C=O) groups excluding carboxylic acids is 2. The minimum Gasteiger partial charge on any atom is -0.469 e. The summed E-state index contributed by atoms with van der Waals surface area (Å²) in [7, 11) is 2.66. The van der Waals surface area contributed by atoms with Crippen LogP contribution in [0, 0.1) is 0 Å². The number of esters is 2. The summed E-state index contributed by atoms with van der Waals surface area (Å²) in [5.41, 5.74) is 0. The highest BCUT2D eigenvalue weighted by Gasteiger charge is 2.17. The van der Waals surface area contributed by atoms with Crippen molar-refractivity contribution in [2.45, 2.75) is 32.4 Å². The molecule has 5 nitrogen and oxygen atoms in total. The highest BCUT2D eigenvalue weighted by atomic mass is 16.5. The van der Waals surface area contributed by atoms with Gasteiger partial charge in [0.05, 0.1) is 20.6 Å². The molecule has 0 aromatic heterocycles.